The van der Waals surface area contributed by atoms with Crippen molar-refractivity contribution in [3.05, 3.63) is 52.8 Å². The molecule has 0 radical (unpaired) electrons. The number of rotatable bonds is 3. The molecule has 0 bridgehead atoms. The van der Waals surface area contributed by atoms with Gasteiger partial charge in [0.2, 0.25) is 0 Å². The highest BCUT2D eigenvalue weighted by Gasteiger charge is 2.04. The maximum absolute atomic E-state index is 10.9. The fourth-order valence-corrected chi connectivity index (χ4v) is 2.63. The van der Waals surface area contributed by atoms with Crippen molar-refractivity contribution in [3.63, 3.8) is 0 Å². The van der Waals surface area contributed by atoms with Gasteiger partial charge < -0.3 is 0 Å². The average Bonchev–Trinajstić information content (AvgIpc) is 2.82. The molecule has 0 aliphatic heterocycles. The molecule has 2 heterocycles. The van der Waals surface area contributed by atoms with Crippen LogP contribution < -0.4 is 5.69 Å². The zero-order chi connectivity index (χ0) is 12.4. The van der Waals surface area contributed by atoms with E-state index in [4.69, 9.17) is 0 Å². The number of thioether (sulfide) groups is 1. The molecule has 0 spiro atoms. The summed E-state index contributed by atoms with van der Waals surface area (Å²) in [6.07, 6.45) is 1.79. The SMILES string of the molecule is O=c1[nH]nc(CSc2ccnc3ccccc23)[nH]1. The van der Waals surface area contributed by atoms with Gasteiger partial charge in [-0.3, -0.25) is 9.97 Å². The van der Waals surface area contributed by atoms with Crippen LogP contribution in [0.1, 0.15) is 5.82 Å². The van der Waals surface area contributed by atoms with Crippen LogP contribution in [0.4, 0.5) is 0 Å². The van der Waals surface area contributed by atoms with Crippen LogP contribution in [0.5, 0.6) is 0 Å². The summed E-state index contributed by atoms with van der Waals surface area (Å²) in [7, 11) is 0. The van der Waals surface area contributed by atoms with Gasteiger partial charge in [-0.25, -0.2) is 9.89 Å². The van der Waals surface area contributed by atoms with E-state index in [2.05, 4.69) is 20.2 Å². The lowest BCUT2D eigenvalue weighted by molar-refractivity contribution is 1.01. The molecule has 6 heteroatoms. The summed E-state index contributed by atoms with van der Waals surface area (Å²) in [5, 5.41) is 7.35. The van der Waals surface area contributed by atoms with E-state index in [1.807, 2.05) is 30.3 Å². The van der Waals surface area contributed by atoms with Crippen LogP contribution in [-0.2, 0) is 5.75 Å². The number of hydrogen-bond acceptors (Lipinski definition) is 4. The lowest BCUT2D eigenvalue weighted by atomic mass is 10.2. The van der Waals surface area contributed by atoms with Crippen molar-refractivity contribution in [2.24, 2.45) is 0 Å². The van der Waals surface area contributed by atoms with Crippen molar-refractivity contribution < 1.29 is 0 Å². The lowest BCUT2D eigenvalue weighted by Crippen LogP contribution is -2.00. The minimum atomic E-state index is -0.273. The Hall–Kier alpha value is -2.08. The number of pyridine rings is 1. The topological polar surface area (TPSA) is 74.4 Å². The summed E-state index contributed by atoms with van der Waals surface area (Å²) in [6.45, 7) is 0. The molecular formula is C12H10N4OS. The standard InChI is InChI=1S/C12H10N4OS/c17-12-14-11(15-16-12)7-18-10-5-6-13-9-4-2-1-3-8(9)10/h1-6H,7H2,(H2,14,15,16,17). The summed E-state index contributed by atoms with van der Waals surface area (Å²) in [6, 6.07) is 9.95. The van der Waals surface area contributed by atoms with Crippen LogP contribution in [0.25, 0.3) is 10.9 Å². The maximum atomic E-state index is 10.9. The van der Waals surface area contributed by atoms with Crippen LogP contribution in [-0.4, -0.2) is 20.2 Å². The Morgan fingerprint density at radius 3 is 2.94 bits per heavy atom. The molecule has 0 aliphatic rings. The summed E-state index contributed by atoms with van der Waals surface area (Å²) < 4.78 is 0. The summed E-state index contributed by atoms with van der Waals surface area (Å²) in [5.74, 6) is 1.26. The third-order valence-corrected chi connectivity index (χ3v) is 3.61. The molecular weight excluding hydrogens is 248 g/mol. The Morgan fingerprint density at radius 2 is 2.11 bits per heavy atom. The number of H-pyrrole nitrogens is 2. The highest BCUT2D eigenvalue weighted by atomic mass is 32.2. The van der Waals surface area contributed by atoms with E-state index in [1.54, 1.807) is 18.0 Å². The van der Waals surface area contributed by atoms with Crippen molar-refractivity contribution in [1.82, 2.24) is 20.2 Å². The Labute approximate surface area is 107 Å². The van der Waals surface area contributed by atoms with Crippen molar-refractivity contribution in [1.29, 1.82) is 0 Å². The first-order chi connectivity index (χ1) is 8.83. The first-order valence-corrected chi connectivity index (χ1v) is 6.41. The summed E-state index contributed by atoms with van der Waals surface area (Å²) in [5.41, 5.74) is 0.697. The molecule has 1 aromatic carbocycles. The van der Waals surface area contributed by atoms with E-state index in [-0.39, 0.29) is 5.69 Å². The fraction of sp³-hybridized carbons (Fsp3) is 0.0833. The van der Waals surface area contributed by atoms with Crippen molar-refractivity contribution in [3.8, 4) is 0 Å². The largest absolute Gasteiger partial charge is 0.340 e. The number of aromatic nitrogens is 4. The number of benzene rings is 1. The van der Waals surface area contributed by atoms with Crippen LogP contribution in [0.15, 0.2) is 46.2 Å². The first kappa shape index (κ1) is 11.0. The second-order valence-electron chi connectivity index (χ2n) is 3.74. The monoisotopic (exact) mass is 258 g/mol. The lowest BCUT2D eigenvalue weighted by Gasteiger charge is -2.03. The second-order valence-corrected chi connectivity index (χ2v) is 4.76. The number of hydrogen-bond donors (Lipinski definition) is 2. The van der Waals surface area contributed by atoms with E-state index < -0.39 is 0 Å². The fourth-order valence-electron chi connectivity index (χ4n) is 1.72. The molecule has 0 unspecified atom stereocenters. The van der Waals surface area contributed by atoms with Gasteiger partial charge in [-0.1, -0.05) is 18.2 Å². The predicted molar refractivity (Wildman–Crippen MR) is 70.5 cm³/mol. The van der Waals surface area contributed by atoms with Gasteiger partial charge in [0.1, 0.15) is 5.82 Å². The molecule has 0 aliphatic carbocycles. The smallest absolute Gasteiger partial charge is 0.292 e. The molecule has 0 saturated heterocycles. The van der Waals surface area contributed by atoms with Crippen LogP contribution >= 0.6 is 11.8 Å². The van der Waals surface area contributed by atoms with Gasteiger partial charge in [-0.15, -0.1) is 11.8 Å². The van der Waals surface area contributed by atoms with Gasteiger partial charge in [0.15, 0.2) is 0 Å². The van der Waals surface area contributed by atoms with Gasteiger partial charge in [0.25, 0.3) is 0 Å². The van der Waals surface area contributed by atoms with Gasteiger partial charge in [0.05, 0.1) is 11.3 Å². The molecule has 0 amide bonds. The van der Waals surface area contributed by atoms with E-state index in [1.165, 1.54) is 0 Å². The average molecular weight is 258 g/mol. The van der Waals surface area contributed by atoms with E-state index in [0.29, 0.717) is 11.6 Å². The van der Waals surface area contributed by atoms with E-state index in [9.17, 15) is 4.79 Å². The molecule has 3 aromatic rings. The molecule has 2 N–H and O–H groups in total. The predicted octanol–water partition coefficient (Wildman–Crippen LogP) is 1.94. The van der Waals surface area contributed by atoms with Crippen LogP contribution in [0.2, 0.25) is 0 Å². The van der Waals surface area contributed by atoms with Crippen molar-refractivity contribution in [2.75, 3.05) is 0 Å². The van der Waals surface area contributed by atoms with Crippen LogP contribution in [0, 0.1) is 0 Å². The minimum absolute atomic E-state index is 0.273. The number of nitrogens with zero attached hydrogens (tertiary/aromatic N) is 2. The number of nitrogens with one attached hydrogen (secondary N) is 2. The van der Waals surface area contributed by atoms with Crippen molar-refractivity contribution >= 4 is 22.7 Å². The quantitative estimate of drug-likeness (QED) is 0.704. The molecule has 0 fully saturated rings. The highest BCUT2D eigenvalue weighted by molar-refractivity contribution is 7.98. The van der Waals surface area contributed by atoms with Gasteiger partial charge in [-0.05, 0) is 12.1 Å². The number of fused-ring (bicyclic) bond motifs is 1. The molecule has 0 saturated carbocycles. The Bertz CT molecular complexity index is 729. The Kier molecular flexibility index (Phi) is 2.85. The highest BCUT2D eigenvalue weighted by Crippen LogP contribution is 2.27. The zero-order valence-electron chi connectivity index (χ0n) is 9.38. The van der Waals surface area contributed by atoms with Crippen molar-refractivity contribution in [2.45, 2.75) is 10.6 Å². The molecule has 90 valence electrons. The maximum Gasteiger partial charge on any atom is 0.340 e. The minimum Gasteiger partial charge on any atom is -0.292 e. The van der Waals surface area contributed by atoms with Gasteiger partial charge in [0, 0.05) is 16.5 Å². The van der Waals surface area contributed by atoms with E-state index >= 15 is 0 Å². The third kappa shape index (κ3) is 2.14. The van der Waals surface area contributed by atoms with Gasteiger partial charge >= 0.3 is 5.69 Å². The first-order valence-electron chi connectivity index (χ1n) is 5.43. The van der Waals surface area contributed by atoms with E-state index in [0.717, 1.165) is 15.8 Å². The van der Waals surface area contributed by atoms with Gasteiger partial charge in [-0.2, -0.15) is 5.10 Å². The second kappa shape index (κ2) is 4.66. The molecule has 18 heavy (non-hydrogen) atoms. The third-order valence-electron chi connectivity index (χ3n) is 2.52. The number of aromatic amines is 2. The summed E-state index contributed by atoms with van der Waals surface area (Å²) >= 11 is 1.62. The molecule has 2 aromatic heterocycles. The normalized spacial score (nSPS) is 10.9. The number of para-hydroxylation sites is 1. The molecule has 5 nitrogen and oxygen atoms in total. The van der Waals surface area contributed by atoms with Crippen LogP contribution in [0.3, 0.4) is 0 Å². The summed E-state index contributed by atoms with van der Waals surface area (Å²) in [4.78, 5) is 19.0. The molecule has 3 rings (SSSR count). The molecule has 0 atom stereocenters. The Morgan fingerprint density at radius 1 is 1.22 bits per heavy atom. The Balaban J connectivity index is 1.88. The zero-order valence-corrected chi connectivity index (χ0v) is 10.2.